The Hall–Kier alpha value is -3.74. The van der Waals surface area contributed by atoms with Gasteiger partial charge in [-0.05, 0) is 6.07 Å². The van der Waals surface area contributed by atoms with E-state index in [0.29, 0.717) is 11.6 Å². The van der Waals surface area contributed by atoms with E-state index in [4.69, 9.17) is 0 Å². The molecule has 0 amide bonds. The summed E-state index contributed by atoms with van der Waals surface area (Å²) in [7, 11) is 0. The summed E-state index contributed by atoms with van der Waals surface area (Å²) in [5.41, 5.74) is 2.07. The fourth-order valence-electron chi connectivity index (χ4n) is 2.76. The topological polar surface area (TPSA) is 104 Å². The number of para-hydroxylation sites is 1. The molecule has 0 atom stereocenters. The van der Waals surface area contributed by atoms with Crippen LogP contribution in [0.15, 0.2) is 70.3 Å². The molecule has 0 bridgehead atoms. The van der Waals surface area contributed by atoms with Crippen molar-refractivity contribution in [2.24, 2.45) is 0 Å². The van der Waals surface area contributed by atoms with Gasteiger partial charge in [0, 0.05) is 22.7 Å². The van der Waals surface area contributed by atoms with Gasteiger partial charge in [-0.25, -0.2) is 14.8 Å². The number of aromatic nitrogens is 4. The number of benzene rings is 2. The number of anilines is 1. The molecule has 0 radical (unpaired) electrons. The molecule has 0 saturated heterocycles. The molecule has 0 unspecified atom stereocenters. The van der Waals surface area contributed by atoms with Gasteiger partial charge in [0.25, 0.3) is 5.56 Å². The zero-order valence-corrected chi connectivity index (χ0v) is 13.7. The van der Waals surface area contributed by atoms with E-state index in [0.717, 1.165) is 22.2 Å². The molecule has 0 fully saturated rings. The fraction of sp³-hybridized carbons (Fsp3) is 0.0526. The molecule has 4 aromatic rings. The van der Waals surface area contributed by atoms with Crippen molar-refractivity contribution in [1.29, 1.82) is 0 Å². The SMILES string of the molecule is O=c1cc(CNc2nc(-c3ccccc3)c3ccccc3n2)[nH]c(=O)[nH]1. The van der Waals surface area contributed by atoms with Crippen LogP contribution in [0.4, 0.5) is 5.95 Å². The van der Waals surface area contributed by atoms with Gasteiger partial charge in [-0.1, -0.05) is 48.5 Å². The van der Waals surface area contributed by atoms with E-state index in [1.165, 1.54) is 6.07 Å². The van der Waals surface area contributed by atoms with E-state index in [9.17, 15) is 9.59 Å². The number of aromatic amines is 2. The van der Waals surface area contributed by atoms with E-state index in [1.807, 2.05) is 54.6 Å². The Labute approximate surface area is 147 Å². The van der Waals surface area contributed by atoms with Crippen LogP contribution in [0.25, 0.3) is 22.2 Å². The molecule has 7 nitrogen and oxygen atoms in total. The Kier molecular flexibility index (Phi) is 4.03. The summed E-state index contributed by atoms with van der Waals surface area (Å²) in [5, 5.41) is 4.03. The van der Waals surface area contributed by atoms with Crippen LogP contribution in [0.2, 0.25) is 0 Å². The number of H-pyrrole nitrogens is 2. The minimum atomic E-state index is -0.543. The minimum absolute atomic E-state index is 0.228. The van der Waals surface area contributed by atoms with E-state index < -0.39 is 11.2 Å². The van der Waals surface area contributed by atoms with Crippen LogP contribution in [0.3, 0.4) is 0 Å². The van der Waals surface area contributed by atoms with Crippen molar-refractivity contribution >= 4 is 16.9 Å². The summed E-state index contributed by atoms with van der Waals surface area (Å²) >= 11 is 0. The molecule has 2 heterocycles. The highest BCUT2D eigenvalue weighted by Crippen LogP contribution is 2.27. The van der Waals surface area contributed by atoms with Gasteiger partial charge in [0.05, 0.1) is 17.8 Å². The van der Waals surface area contributed by atoms with Crippen molar-refractivity contribution in [3.8, 4) is 11.3 Å². The van der Waals surface area contributed by atoms with Crippen LogP contribution in [0.1, 0.15) is 5.69 Å². The minimum Gasteiger partial charge on any atom is -0.349 e. The molecule has 0 aliphatic rings. The summed E-state index contributed by atoms with van der Waals surface area (Å²) in [6.07, 6.45) is 0. The molecule has 0 spiro atoms. The van der Waals surface area contributed by atoms with Gasteiger partial charge in [0.15, 0.2) is 0 Å². The average Bonchev–Trinajstić information content (AvgIpc) is 2.66. The maximum Gasteiger partial charge on any atom is 0.325 e. The van der Waals surface area contributed by atoms with E-state index in [1.54, 1.807) is 0 Å². The molecule has 0 saturated carbocycles. The number of nitrogens with one attached hydrogen (secondary N) is 3. The number of nitrogens with zero attached hydrogens (tertiary/aromatic N) is 2. The molecule has 3 N–H and O–H groups in total. The van der Waals surface area contributed by atoms with Gasteiger partial charge >= 0.3 is 5.69 Å². The second kappa shape index (κ2) is 6.64. The van der Waals surface area contributed by atoms with Crippen LogP contribution in [-0.2, 0) is 6.54 Å². The summed E-state index contributed by atoms with van der Waals surface area (Å²) in [6, 6.07) is 19.0. The highest BCUT2D eigenvalue weighted by atomic mass is 16.2. The quantitative estimate of drug-likeness (QED) is 0.526. The zero-order valence-electron chi connectivity index (χ0n) is 13.7. The second-order valence-electron chi connectivity index (χ2n) is 5.75. The molecule has 7 heteroatoms. The molecular formula is C19H15N5O2. The summed E-state index contributed by atoms with van der Waals surface area (Å²) < 4.78 is 0. The predicted octanol–water partition coefficient (Wildman–Crippen LogP) is 2.29. The molecule has 0 aliphatic heterocycles. The normalized spacial score (nSPS) is 10.8. The van der Waals surface area contributed by atoms with Crippen LogP contribution >= 0.6 is 0 Å². The van der Waals surface area contributed by atoms with Gasteiger partial charge in [-0.3, -0.25) is 9.78 Å². The third kappa shape index (κ3) is 3.23. The van der Waals surface area contributed by atoms with Gasteiger partial charge in [-0.15, -0.1) is 0 Å². The van der Waals surface area contributed by atoms with Crippen molar-refractivity contribution in [1.82, 2.24) is 19.9 Å². The van der Waals surface area contributed by atoms with Gasteiger partial charge in [0.1, 0.15) is 0 Å². The van der Waals surface area contributed by atoms with Crippen molar-refractivity contribution < 1.29 is 0 Å². The maximum absolute atomic E-state index is 11.4. The third-order valence-electron chi connectivity index (χ3n) is 3.90. The Morgan fingerprint density at radius 1 is 0.885 bits per heavy atom. The number of rotatable bonds is 4. The standard InChI is InChI=1S/C19H15N5O2/c25-16-10-13(21-19(26)23-16)11-20-18-22-15-9-5-4-8-14(15)17(24-18)12-6-2-1-3-7-12/h1-10H,11H2,(H,20,22,24)(H2,21,23,25,26). The van der Waals surface area contributed by atoms with Crippen LogP contribution < -0.4 is 16.6 Å². The van der Waals surface area contributed by atoms with E-state index in [-0.39, 0.29) is 6.54 Å². The Balaban J connectivity index is 1.74. The van der Waals surface area contributed by atoms with Crippen LogP contribution in [0, 0.1) is 0 Å². The lowest BCUT2D eigenvalue weighted by atomic mass is 10.1. The van der Waals surface area contributed by atoms with Crippen molar-refractivity contribution in [3.05, 3.63) is 87.2 Å². The first-order valence-electron chi connectivity index (χ1n) is 8.08. The van der Waals surface area contributed by atoms with Gasteiger partial charge in [0.2, 0.25) is 5.95 Å². The first-order chi connectivity index (χ1) is 12.7. The first-order valence-corrected chi connectivity index (χ1v) is 8.08. The van der Waals surface area contributed by atoms with Crippen molar-refractivity contribution in [3.63, 3.8) is 0 Å². The predicted molar refractivity (Wildman–Crippen MR) is 100.0 cm³/mol. The summed E-state index contributed by atoms with van der Waals surface area (Å²) in [4.78, 5) is 36.6. The molecule has 2 aromatic heterocycles. The Morgan fingerprint density at radius 2 is 1.65 bits per heavy atom. The maximum atomic E-state index is 11.4. The Bertz CT molecular complexity index is 1150. The first kappa shape index (κ1) is 15.8. The van der Waals surface area contributed by atoms with Crippen LogP contribution in [-0.4, -0.2) is 19.9 Å². The van der Waals surface area contributed by atoms with E-state index >= 15 is 0 Å². The highest BCUT2D eigenvalue weighted by Gasteiger charge is 2.09. The second-order valence-corrected chi connectivity index (χ2v) is 5.75. The lowest BCUT2D eigenvalue weighted by molar-refractivity contribution is 0.931. The smallest absolute Gasteiger partial charge is 0.325 e. The molecule has 128 valence electrons. The molecule has 0 aliphatic carbocycles. The average molecular weight is 345 g/mol. The van der Waals surface area contributed by atoms with Gasteiger partial charge in [-0.2, -0.15) is 0 Å². The van der Waals surface area contributed by atoms with E-state index in [2.05, 4.69) is 25.3 Å². The molecule has 26 heavy (non-hydrogen) atoms. The lowest BCUT2D eigenvalue weighted by Crippen LogP contribution is -2.24. The van der Waals surface area contributed by atoms with Crippen molar-refractivity contribution in [2.45, 2.75) is 6.54 Å². The van der Waals surface area contributed by atoms with Crippen molar-refractivity contribution in [2.75, 3.05) is 5.32 Å². The number of fused-ring (bicyclic) bond motifs is 1. The van der Waals surface area contributed by atoms with Crippen LogP contribution in [0.5, 0.6) is 0 Å². The molecule has 4 rings (SSSR count). The molecular weight excluding hydrogens is 330 g/mol. The molecule has 2 aromatic carbocycles. The third-order valence-corrected chi connectivity index (χ3v) is 3.90. The van der Waals surface area contributed by atoms with Gasteiger partial charge < -0.3 is 10.3 Å². The Morgan fingerprint density at radius 3 is 2.46 bits per heavy atom. The largest absolute Gasteiger partial charge is 0.349 e. The zero-order chi connectivity index (χ0) is 17.9. The number of hydrogen-bond acceptors (Lipinski definition) is 5. The number of hydrogen-bond donors (Lipinski definition) is 3. The summed E-state index contributed by atoms with van der Waals surface area (Å²) in [5.74, 6) is 0.420. The fourth-order valence-corrected chi connectivity index (χ4v) is 2.76. The monoisotopic (exact) mass is 345 g/mol. The summed E-state index contributed by atoms with van der Waals surface area (Å²) in [6.45, 7) is 0.228. The highest BCUT2D eigenvalue weighted by molar-refractivity contribution is 5.93. The lowest BCUT2D eigenvalue weighted by Gasteiger charge is -2.10.